The van der Waals surface area contributed by atoms with Gasteiger partial charge in [0.25, 0.3) is 0 Å². The van der Waals surface area contributed by atoms with E-state index in [1.165, 1.54) is 56.9 Å². The van der Waals surface area contributed by atoms with Crippen molar-refractivity contribution in [3.8, 4) is 0 Å². The molecule has 0 spiro atoms. The fraction of sp³-hybridized carbons (Fsp3) is 0.893. The van der Waals surface area contributed by atoms with Crippen LogP contribution in [-0.4, -0.2) is 17.5 Å². The van der Waals surface area contributed by atoms with E-state index in [0.717, 1.165) is 36.0 Å². The number of fused-ring (bicyclic) bond motifs is 5. The quantitative estimate of drug-likeness (QED) is 0.490. The first-order valence-corrected chi connectivity index (χ1v) is 13.0. The number of carbonyl (C=O) groups excluding carboxylic acids is 1. The maximum absolute atomic E-state index is 12.0. The fourth-order valence-corrected chi connectivity index (χ4v) is 8.93. The molecule has 4 aliphatic carbocycles. The number of rotatable bonds is 6. The van der Waals surface area contributed by atoms with Gasteiger partial charge in [-0.2, -0.15) is 0 Å². The van der Waals surface area contributed by atoms with Crippen molar-refractivity contribution >= 4 is 6.29 Å². The van der Waals surface area contributed by atoms with Crippen LogP contribution >= 0.6 is 0 Å². The molecule has 4 aliphatic rings. The predicted octanol–water partition coefficient (Wildman–Crippen LogP) is 6.72. The molecule has 9 atom stereocenters. The highest BCUT2D eigenvalue weighted by Crippen LogP contribution is 2.68. The van der Waals surface area contributed by atoms with Crippen molar-refractivity contribution in [3.05, 3.63) is 11.6 Å². The minimum atomic E-state index is -0.358. The Morgan fingerprint density at radius 1 is 1.13 bits per heavy atom. The van der Waals surface area contributed by atoms with E-state index < -0.39 is 0 Å². The van der Waals surface area contributed by atoms with Crippen LogP contribution in [0.5, 0.6) is 0 Å². The normalized spacial score (nSPS) is 46.6. The summed E-state index contributed by atoms with van der Waals surface area (Å²) in [5.74, 6) is 4.53. The Morgan fingerprint density at radius 3 is 2.60 bits per heavy atom. The van der Waals surface area contributed by atoms with Gasteiger partial charge in [-0.05, 0) is 85.9 Å². The molecule has 0 bridgehead atoms. The minimum absolute atomic E-state index is 0.0633. The third kappa shape index (κ3) is 3.54. The Bertz CT molecular complexity index is 666. The Kier molecular flexibility index (Phi) is 6.30. The lowest BCUT2D eigenvalue weighted by Gasteiger charge is -2.59. The number of aliphatic hydroxyl groups excluding tert-OH is 1. The fourth-order valence-electron chi connectivity index (χ4n) is 8.93. The van der Waals surface area contributed by atoms with Gasteiger partial charge < -0.3 is 5.11 Å². The third-order valence-corrected chi connectivity index (χ3v) is 10.6. The largest absolute Gasteiger partial charge is 0.393 e. The molecule has 3 fully saturated rings. The van der Waals surface area contributed by atoms with Gasteiger partial charge in [0.15, 0.2) is 0 Å². The summed E-state index contributed by atoms with van der Waals surface area (Å²) in [7, 11) is 0. The third-order valence-electron chi connectivity index (χ3n) is 10.6. The van der Waals surface area contributed by atoms with Crippen LogP contribution in [0.2, 0.25) is 0 Å². The van der Waals surface area contributed by atoms with Gasteiger partial charge in [-0.1, -0.05) is 65.5 Å². The highest BCUT2D eigenvalue weighted by Gasteiger charge is 2.61. The molecule has 1 N–H and O–H groups in total. The zero-order chi connectivity index (χ0) is 21.7. The second-order valence-corrected chi connectivity index (χ2v) is 12.4. The Hall–Kier alpha value is -0.630. The minimum Gasteiger partial charge on any atom is -0.393 e. The van der Waals surface area contributed by atoms with E-state index >= 15 is 0 Å². The van der Waals surface area contributed by atoms with Crippen molar-refractivity contribution in [1.29, 1.82) is 0 Å². The van der Waals surface area contributed by atoms with Crippen molar-refractivity contribution in [2.24, 2.45) is 52.3 Å². The highest BCUT2D eigenvalue weighted by atomic mass is 16.3. The molecule has 0 saturated heterocycles. The summed E-state index contributed by atoms with van der Waals surface area (Å²) in [4.78, 5) is 12.0. The maximum atomic E-state index is 12.0. The van der Waals surface area contributed by atoms with Gasteiger partial charge in [0.05, 0.1) is 6.10 Å². The second-order valence-electron chi connectivity index (χ2n) is 12.4. The zero-order valence-corrected chi connectivity index (χ0v) is 20.1. The van der Waals surface area contributed by atoms with E-state index in [4.69, 9.17) is 0 Å². The van der Waals surface area contributed by atoms with Crippen LogP contribution in [0.15, 0.2) is 11.6 Å². The topological polar surface area (TPSA) is 37.3 Å². The molecular weight excluding hydrogens is 368 g/mol. The molecule has 1 unspecified atom stereocenters. The Morgan fingerprint density at radius 2 is 1.90 bits per heavy atom. The molecule has 0 aromatic rings. The highest BCUT2D eigenvalue weighted by molar-refractivity contribution is 5.59. The van der Waals surface area contributed by atoms with Crippen molar-refractivity contribution in [1.82, 2.24) is 0 Å². The monoisotopic (exact) mass is 413 g/mol. The maximum Gasteiger partial charge on any atom is 0.202 e. The van der Waals surface area contributed by atoms with E-state index in [1.54, 1.807) is 0 Å². The van der Waals surface area contributed by atoms with E-state index in [0.29, 0.717) is 17.8 Å². The molecule has 30 heavy (non-hydrogen) atoms. The molecule has 0 aromatic carbocycles. The van der Waals surface area contributed by atoms with Crippen LogP contribution in [0.3, 0.4) is 0 Å². The van der Waals surface area contributed by atoms with Gasteiger partial charge in [-0.25, -0.2) is 0 Å². The van der Waals surface area contributed by atoms with E-state index in [9.17, 15) is 9.90 Å². The molecule has 0 aromatic heterocycles. The summed E-state index contributed by atoms with van der Waals surface area (Å²) in [6.07, 6.45) is 16.5. The molecule has 2 nitrogen and oxygen atoms in total. The van der Waals surface area contributed by atoms with Gasteiger partial charge in [-0.3, -0.25) is 4.79 Å². The molecule has 169 valence electrons. The number of hydrogen-bond donors (Lipinski definition) is 1. The lowest BCUT2D eigenvalue weighted by molar-refractivity contribution is -0.0676. The average Bonchev–Trinajstić information content (AvgIpc) is 3.05. The first-order chi connectivity index (χ1) is 14.2. The van der Waals surface area contributed by atoms with Crippen LogP contribution in [0, 0.1) is 52.3 Å². The van der Waals surface area contributed by atoms with Crippen LogP contribution in [0.4, 0.5) is 0 Å². The molecule has 4 rings (SSSR count). The van der Waals surface area contributed by atoms with Gasteiger partial charge >= 0.3 is 0 Å². The molecule has 3 saturated carbocycles. The summed E-state index contributed by atoms with van der Waals surface area (Å²) in [6.45, 7) is 12.2. The zero-order valence-electron chi connectivity index (χ0n) is 20.1. The molecular formula is C28H45O2. The summed E-state index contributed by atoms with van der Waals surface area (Å²) in [5.41, 5.74) is 1.79. The van der Waals surface area contributed by atoms with Crippen molar-refractivity contribution in [3.63, 3.8) is 0 Å². The standard InChI is InChI=1S/C28H45O2/c1-18(2)7-6-8-19(3)24-11-12-25-23-10-9-20-15-22(30)16-21(17-29)28(20,5)26(23)13-14-27(24,25)4/h9,18-19,21-26,30H,6-8,10-16H2,1-5H3/t19-,21?,22-,23+,24-,25+,26+,27-,28-/m1/s1. The molecule has 0 amide bonds. The summed E-state index contributed by atoms with van der Waals surface area (Å²) < 4.78 is 0. The molecule has 1 radical (unpaired) electrons. The van der Waals surface area contributed by atoms with Gasteiger partial charge in [0.1, 0.15) is 0 Å². The Labute approximate surface area is 185 Å². The Balaban J connectivity index is 1.54. The number of aliphatic hydroxyl groups is 1. The van der Waals surface area contributed by atoms with Crippen LogP contribution in [0.25, 0.3) is 0 Å². The lowest BCUT2D eigenvalue weighted by atomic mass is 9.45. The van der Waals surface area contributed by atoms with Gasteiger partial charge in [-0.15, -0.1) is 0 Å². The van der Waals surface area contributed by atoms with Crippen LogP contribution in [-0.2, 0) is 4.79 Å². The molecule has 0 aliphatic heterocycles. The second kappa shape index (κ2) is 8.38. The number of allylic oxidation sites excluding steroid dienone is 1. The summed E-state index contributed by atoms with van der Waals surface area (Å²) in [5, 5.41) is 10.3. The molecule has 0 heterocycles. The van der Waals surface area contributed by atoms with E-state index in [-0.39, 0.29) is 17.4 Å². The first-order valence-electron chi connectivity index (χ1n) is 13.0. The summed E-state index contributed by atoms with van der Waals surface area (Å²) in [6, 6.07) is 0. The first kappa shape index (κ1) is 22.6. The lowest BCUT2D eigenvalue weighted by Crippen LogP contribution is -2.54. The smallest absolute Gasteiger partial charge is 0.202 e. The molecule has 2 heteroatoms. The van der Waals surface area contributed by atoms with Crippen LogP contribution in [0.1, 0.15) is 98.8 Å². The summed E-state index contributed by atoms with van der Waals surface area (Å²) >= 11 is 0. The van der Waals surface area contributed by atoms with E-state index in [2.05, 4.69) is 47.0 Å². The van der Waals surface area contributed by atoms with Crippen molar-refractivity contribution in [2.75, 3.05) is 0 Å². The van der Waals surface area contributed by atoms with Gasteiger partial charge in [0.2, 0.25) is 6.29 Å². The predicted molar refractivity (Wildman–Crippen MR) is 124 cm³/mol. The average molecular weight is 414 g/mol. The SMILES string of the molecule is CC(C)CCC[C@@H](C)[C@H]1CC[C@H]2[C@@H]3CC=C4C[C@@H](O)CC([C]=O)[C@]4(C)[C@H]3CC[C@]12C. The van der Waals surface area contributed by atoms with Gasteiger partial charge in [0, 0.05) is 11.3 Å². The van der Waals surface area contributed by atoms with Crippen LogP contribution < -0.4 is 0 Å². The number of hydrogen-bond acceptors (Lipinski definition) is 2. The van der Waals surface area contributed by atoms with Crippen molar-refractivity contribution < 1.29 is 9.90 Å². The van der Waals surface area contributed by atoms with Crippen molar-refractivity contribution in [2.45, 2.75) is 105 Å². The van der Waals surface area contributed by atoms with E-state index in [1.807, 2.05) is 0 Å².